The van der Waals surface area contributed by atoms with E-state index in [1.54, 1.807) is 0 Å². The molecule has 4 heterocycles. The predicted molar refractivity (Wildman–Crippen MR) is 109 cm³/mol. The highest BCUT2D eigenvalue weighted by molar-refractivity contribution is 7.20. The Bertz CT molecular complexity index is 926. The topological polar surface area (TPSA) is 58.4 Å². The van der Waals surface area contributed by atoms with Gasteiger partial charge >= 0.3 is 0 Å². The van der Waals surface area contributed by atoms with Crippen molar-refractivity contribution >= 4 is 27.5 Å². The Hall–Kier alpha value is -1.73. The molecule has 0 aliphatic carbocycles. The Balaban J connectivity index is 1.73. The third-order valence-corrected chi connectivity index (χ3v) is 7.34. The first-order valence-electron chi connectivity index (χ1n) is 10.1. The fourth-order valence-corrected chi connectivity index (χ4v) is 5.39. The number of aryl methyl sites for hydroxylation is 1. The first kappa shape index (κ1) is 18.6. The van der Waals surface area contributed by atoms with E-state index in [0.717, 1.165) is 68.1 Å². The first-order chi connectivity index (χ1) is 13.0. The largest absolute Gasteiger partial charge is 0.338 e. The molecule has 0 N–H and O–H groups in total. The number of hydrogen-bond donors (Lipinski definition) is 0. The van der Waals surface area contributed by atoms with E-state index in [0.29, 0.717) is 22.8 Å². The molecule has 1 saturated heterocycles. The van der Waals surface area contributed by atoms with Crippen LogP contribution in [0.3, 0.4) is 0 Å². The maximum Gasteiger partial charge on any atom is 0.264 e. The summed E-state index contributed by atoms with van der Waals surface area (Å²) < 4.78 is 1.84. The van der Waals surface area contributed by atoms with Crippen molar-refractivity contribution in [3.05, 3.63) is 26.6 Å². The van der Waals surface area contributed by atoms with Crippen molar-refractivity contribution in [2.24, 2.45) is 0 Å². The number of fused-ring (bicyclic) bond motifs is 2. The van der Waals surface area contributed by atoms with Crippen LogP contribution in [-0.2, 0) is 13.0 Å². The zero-order valence-electron chi connectivity index (χ0n) is 16.5. The molecule has 1 atom stereocenters. The predicted octanol–water partition coefficient (Wildman–Crippen LogP) is 2.66. The third kappa shape index (κ3) is 3.21. The van der Waals surface area contributed by atoms with Crippen LogP contribution in [0.2, 0.25) is 0 Å². The van der Waals surface area contributed by atoms with Crippen LogP contribution in [-0.4, -0.2) is 57.5 Å². The number of aromatic nitrogens is 2. The number of likely N-dealkylation sites (tertiary alicyclic amines) is 1. The molecular weight excluding hydrogens is 360 g/mol. The second-order valence-electron chi connectivity index (χ2n) is 7.76. The molecule has 146 valence electrons. The van der Waals surface area contributed by atoms with Gasteiger partial charge in [-0.1, -0.05) is 6.92 Å². The van der Waals surface area contributed by atoms with Crippen LogP contribution >= 0.6 is 11.3 Å². The van der Waals surface area contributed by atoms with Gasteiger partial charge in [0.15, 0.2) is 0 Å². The van der Waals surface area contributed by atoms with E-state index in [1.807, 2.05) is 16.4 Å². The lowest BCUT2D eigenvalue weighted by Crippen LogP contribution is -2.35. The normalized spacial score (nSPS) is 19.3. The summed E-state index contributed by atoms with van der Waals surface area (Å²) in [4.78, 5) is 36.7. The number of thiophene rings is 1. The van der Waals surface area contributed by atoms with Crippen molar-refractivity contribution in [2.45, 2.75) is 59.0 Å². The molecule has 1 unspecified atom stereocenters. The molecule has 0 radical (unpaired) electrons. The van der Waals surface area contributed by atoms with E-state index in [2.05, 4.69) is 18.7 Å². The number of rotatable bonds is 3. The molecule has 4 rings (SSSR count). The van der Waals surface area contributed by atoms with Crippen molar-refractivity contribution < 1.29 is 4.79 Å². The van der Waals surface area contributed by atoms with Gasteiger partial charge in [-0.15, -0.1) is 11.3 Å². The van der Waals surface area contributed by atoms with Crippen LogP contribution in [0.5, 0.6) is 0 Å². The van der Waals surface area contributed by atoms with Crippen molar-refractivity contribution in [1.29, 1.82) is 0 Å². The van der Waals surface area contributed by atoms with Gasteiger partial charge in [0, 0.05) is 45.2 Å². The number of amides is 1. The number of hydrogen-bond acceptors (Lipinski definition) is 5. The van der Waals surface area contributed by atoms with Gasteiger partial charge in [-0.25, -0.2) is 4.98 Å². The highest BCUT2D eigenvalue weighted by Gasteiger charge is 2.27. The Morgan fingerprint density at radius 2 is 1.93 bits per heavy atom. The zero-order chi connectivity index (χ0) is 19.1. The SMILES string of the molecule is CCC(C)N1CCc2nc3sc(C(=O)N4CCCC4)c(C)c3c(=O)n2CC1. The second kappa shape index (κ2) is 7.36. The summed E-state index contributed by atoms with van der Waals surface area (Å²) in [6, 6.07) is 0.516. The fraction of sp³-hybridized carbons (Fsp3) is 0.650. The molecule has 2 aromatic heterocycles. The van der Waals surface area contributed by atoms with E-state index in [-0.39, 0.29) is 11.5 Å². The van der Waals surface area contributed by atoms with E-state index < -0.39 is 0 Å². The maximum atomic E-state index is 13.2. The van der Waals surface area contributed by atoms with Gasteiger partial charge in [-0.05, 0) is 38.7 Å². The molecule has 2 aliphatic rings. The summed E-state index contributed by atoms with van der Waals surface area (Å²) in [7, 11) is 0. The molecule has 1 fully saturated rings. The van der Waals surface area contributed by atoms with Crippen LogP contribution in [0.25, 0.3) is 10.2 Å². The van der Waals surface area contributed by atoms with E-state index in [9.17, 15) is 9.59 Å². The van der Waals surface area contributed by atoms with Gasteiger partial charge in [0.25, 0.3) is 11.5 Å². The van der Waals surface area contributed by atoms with Crippen LogP contribution in [0.4, 0.5) is 0 Å². The summed E-state index contributed by atoms with van der Waals surface area (Å²) in [5, 5.41) is 0.642. The monoisotopic (exact) mass is 388 g/mol. The van der Waals surface area contributed by atoms with Gasteiger partial charge in [0.05, 0.1) is 10.3 Å². The van der Waals surface area contributed by atoms with Crippen LogP contribution < -0.4 is 5.56 Å². The van der Waals surface area contributed by atoms with Crippen LogP contribution in [0.15, 0.2) is 4.79 Å². The summed E-state index contributed by atoms with van der Waals surface area (Å²) >= 11 is 1.39. The smallest absolute Gasteiger partial charge is 0.264 e. The molecule has 6 nitrogen and oxygen atoms in total. The minimum atomic E-state index is 0.0234. The van der Waals surface area contributed by atoms with E-state index in [4.69, 9.17) is 4.98 Å². The van der Waals surface area contributed by atoms with Crippen molar-refractivity contribution in [3.8, 4) is 0 Å². The quantitative estimate of drug-likeness (QED) is 0.811. The van der Waals surface area contributed by atoms with Crippen LogP contribution in [0, 0.1) is 6.92 Å². The molecule has 27 heavy (non-hydrogen) atoms. The zero-order valence-corrected chi connectivity index (χ0v) is 17.3. The van der Waals surface area contributed by atoms with Gasteiger partial charge in [-0.3, -0.25) is 19.1 Å². The Morgan fingerprint density at radius 1 is 1.19 bits per heavy atom. The van der Waals surface area contributed by atoms with Gasteiger partial charge in [0.1, 0.15) is 10.7 Å². The first-order valence-corrected chi connectivity index (χ1v) is 10.9. The van der Waals surface area contributed by atoms with E-state index >= 15 is 0 Å². The highest BCUT2D eigenvalue weighted by Crippen LogP contribution is 2.30. The van der Waals surface area contributed by atoms with Crippen molar-refractivity contribution in [3.63, 3.8) is 0 Å². The Kier molecular flexibility index (Phi) is 5.07. The fourth-order valence-electron chi connectivity index (χ4n) is 4.23. The minimum absolute atomic E-state index is 0.0234. The Labute approximate surface area is 163 Å². The third-order valence-electron chi connectivity index (χ3n) is 6.16. The van der Waals surface area contributed by atoms with Gasteiger partial charge in [-0.2, -0.15) is 0 Å². The highest BCUT2D eigenvalue weighted by atomic mass is 32.1. The molecule has 2 aliphatic heterocycles. The summed E-state index contributed by atoms with van der Waals surface area (Å²) in [6.07, 6.45) is 4.02. The molecular formula is C20H28N4O2S. The van der Waals surface area contributed by atoms with E-state index in [1.165, 1.54) is 11.3 Å². The molecule has 0 saturated carbocycles. The standard InChI is InChI=1S/C20H28N4O2S/c1-4-13(2)22-10-7-15-21-18-16(19(25)24(15)12-11-22)14(3)17(27-18)20(26)23-8-5-6-9-23/h13H,4-12H2,1-3H3. The molecule has 2 aromatic rings. The second-order valence-corrected chi connectivity index (χ2v) is 8.76. The maximum absolute atomic E-state index is 13.2. The number of carbonyl (C=O) groups excluding carboxylic acids is 1. The van der Waals surface area contributed by atoms with Crippen molar-refractivity contribution in [1.82, 2.24) is 19.4 Å². The molecule has 0 spiro atoms. The number of carbonyl (C=O) groups is 1. The number of nitrogens with zero attached hydrogens (tertiary/aromatic N) is 4. The molecule has 7 heteroatoms. The van der Waals surface area contributed by atoms with Gasteiger partial charge < -0.3 is 4.90 Å². The summed E-state index contributed by atoms with van der Waals surface area (Å²) in [5.41, 5.74) is 0.831. The lowest BCUT2D eigenvalue weighted by molar-refractivity contribution is 0.0797. The lowest BCUT2D eigenvalue weighted by Gasteiger charge is -2.25. The molecule has 0 aromatic carbocycles. The lowest BCUT2D eigenvalue weighted by atomic mass is 10.2. The molecule has 1 amide bonds. The average Bonchev–Trinajstić information content (AvgIpc) is 3.25. The minimum Gasteiger partial charge on any atom is -0.338 e. The van der Waals surface area contributed by atoms with Gasteiger partial charge in [0.2, 0.25) is 0 Å². The van der Waals surface area contributed by atoms with Crippen LogP contribution in [0.1, 0.15) is 54.2 Å². The summed E-state index contributed by atoms with van der Waals surface area (Å²) in [5.74, 6) is 0.926. The Morgan fingerprint density at radius 3 is 2.63 bits per heavy atom. The van der Waals surface area contributed by atoms with Crippen molar-refractivity contribution in [2.75, 3.05) is 26.2 Å². The average molecular weight is 389 g/mol. The molecule has 0 bridgehead atoms. The summed E-state index contributed by atoms with van der Waals surface area (Å²) in [6.45, 7) is 10.5.